The molecule has 0 bridgehead atoms. The minimum Gasteiger partial charge on any atom is -0.441 e. The molecule has 3 rings (SSSR count). The van der Waals surface area contributed by atoms with Crippen molar-refractivity contribution in [1.29, 1.82) is 0 Å². The van der Waals surface area contributed by atoms with Crippen molar-refractivity contribution in [3.8, 4) is 11.5 Å². The lowest BCUT2D eigenvalue weighted by Gasteiger charge is -2.05. The summed E-state index contributed by atoms with van der Waals surface area (Å²) in [6.45, 7) is 4.74. The highest BCUT2D eigenvalue weighted by molar-refractivity contribution is 5.77. The summed E-state index contributed by atoms with van der Waals surface area (Å²) in [5.74, 6) is 1.12. The average molecular weight is 379 g/mol. The summed E-state index contributed by atoms with van der Waals surface area (Å²) in [5, 5.41) is 2.84. The molecule has 1 N–H and O–H groups in total. The normalized spacial score (nSPS) is 10.8. The molecule has 3 aromatic rings. The van der Waals surface area contributed by atoms with Gasteiger partial charge in [-0.25, -0.2) is 4.98 Å². The number of ether oxygens (including phenoxy) is 1. The number of benzene rings is 1. The van der Waals surface area contributed by atoms with Crippen LogP contribution in [0, 0.1) is 6.92 Å². The van der Waals surface area contributed by atoms with E-state index in [1.165, 1.54) is 5.56 Å². The van der Waals surface area contributed by atoms with Crippen LogP contribution >= 0.6 is 0 Å². The first-order valence-corrected chi connectivity index (χ1v) is 9.44. The Kier molecular flexibility index (Phi) is 6.92. The average Bonchev–Trinajstić information content (AvgIpc) is 3.09. The van der Waals surface area contributed by atoms with Crippen LogP contribution in [0.25, 0.3) is 11.5 Å². The lowest BCUT2D eigenvalue weighted by Crippen LogP contribution is -2.29. The SMILES string of the molecule is CCc1ccc(-c2nc(COCC(=O)NCCc3cccnc3)c(C)o2)cc1. The first kappa shape index (κ1) is 19.8. The number of pyridine rings is 1. The molecule has 28 heavy (non-hydrogen) atoms. The minimum absolute atomic E-state index is 0.0140. The van der Waals surface area contributed by atoms with E-state index in [-0.39, 0.29) is 19.1 Å². The monoisotopic (exact) mass is 379 g/mol. The van der Waals surface area contributed by atoms with Gasteiger partial charge in [-0.2, -0.15) is 0 Å². The van der Waals surface area contributed by atoms with Crippen molar-refractivity contribution >= 4 is 5.91 Å². The molecule has 0 unspecified atom stereocenters. The number of nitrogens with zero attached hydrogens (tertiary/aromatic N) is 2. The van der Waals surface area contributed by atoms with Crippen molar-refractivity contribution in [2.24, 2.45) is 0 Å². The fourth-order valence-corrected chi connectivity index (χ4v) is 2.75. The summed E-state index contributed by atoms with van der Waals surface area (Å²) in [4.78, 5) is 20.5. The quantitative estimate of drug-likeness (QED) is 0.616. The molecule has 0 aliphatic heterocycles. The molecule has 2 heterocycles. The maximum absolute atomic E-state index is 11.9. The maximum Gasteiger partial charge on any atom is 0.246 e. The van der Waals surface area contributed by atoms with E-state index in [4.69, 9.17) is 9.15 Å². The Labute approximate surface area is 165 Å². The molecule has 6 nitrogen and oxygen atoms in total. The third-order valence-corrected chi connectivity index (χ3v) is 4.43. The van der Waals surface area contributed by atoms with Gasteiger partial charge in [0, 0.05) is 24.5 Å². The molecule has 0 saturated heterocycles. The Morgan fingerprint density at radius 2 is 2.00 bits per heavy atom. The van der Waals surface area contributed by atoms with E-state index < -0.39 is 0 Å². The molecular weight excluding hydrogens is 354 g/mol. The Balaban J connectivity index is 1.44. The van der Waals surface area contributed by atoms with Gasteiger partial charge < -0.3 is 14.5 Å². The lowest BCUT2D eigenvalue weighted by atomic mass is 10.1. The van der Waals surface area contributed by atoms with Crippen molar-refractivity contribution < 1.29 is 13.9 Å². The molecular formula is C22H25N3O3. The molecule has 0 saturated carbocycles. The van der Waals surface area contributed by atoms with Crippen LogP contribution in [-0.4, -0.2) is 29.0 Å². The molecule has 0 radical (unpaired) electrons. The van der Waals surface area contributed by atoms with Crippen molar-refractivity contribution in [1.82, 2.24) is 15.3 Å². The Hall–Kier alpha value is -2.99. The summed E-state index contributed by atoms with van der Waals surface area (Å²) < 4.78 is 11.3. The number of oxazole rings is 1. The van der Waals surface area contributed by atoms with E-state index in [0.29, 0.717) is 23.9 Å². The van der Waals surface area contributed by atoms with Crippen molar-refractivity contribution in [2.75, 3.05) is 13.2 Å². The predicted octanol–water partition coefficient (Wildman–Crippen LogP) is 3.48. The van der Waals surface area contributed by atoms with Crippen LogP contribution in [0.5, 0.6) is 0 Å². The zero-order valence-electron chi connectivity index (χ0n) is 16.3. The van der Waals surface area contributed by atoms with E-state index in [1.807, 2.05) is 31.2 Å². The van der Waals surface area contributed by atoms with E-state index in [2.05, 4.69) is 34.3 Å². The second-order valence-corrected chi connectivity index (χ2v) is 6.53. The summed E-state index contributed by atoms with van der Waals surface area (Å²) in [6.07, 6.45) is 5.26. The van der Waals surface area contributed by atoms with Crippen molar-refractivity contribution in [2.45, 2.75) is 33.3 Å². The van der Waals surface area contributed by atoms with Gasteiger partial charge in [0.25, 0.3) is 0 Å². The first-order valence-electron chi connectivity index (χ1n) is 9.44. The molecule has 1 amide bonds. The Bertz CT molecular complexity index is 889. The van der Waals surface area contributed by atoms with Crippen LogP contribution in [0.4, 0.5) is 0 Å². The summed E-state index contributed by atoms with van der Waals surface area (Å²) in [7, 11) is 0. The standard InChI is InChI=1S/C22H25N3O3/c1-3-17-6-8-19(9-7-17)22-25-20(16(2)28-22)14-27-15-21(26)24-12-10-18-5-4-11-23-13-18/h4-9,11,13H,3,10,12,14-15H2,1-2H3,(H,24,26). The van der Waals surface area contributed by atoms with Crippen molar-refractivity contribution in [3.05, 3.63) is 71.4 Å². The molecule has 6 heteroatoms. The van der Waals surface area contributed by atoms with E-state index in [0.717, 1.165) is 24.0 Å². The highest BCUT2D eigenvalue weighted by Gasteiger charge is 2.12. The van der Waals surface area contributed by atoms with Gasteiger partial charge >= 0.3 is 0 Å². The van der Waals surface area contributed by atoms with Gasteiger partial charge in [0.1, 0.15) is 18.1 Å². The summed E-state index contributed by atoms with van der Waals surface area (Å²) in [5.41, 5.74) is 3.99. The number of hydrogen-bond donors (Lipinski definition) is 1. The fourth-order valence-electron chi connectivity index (χ4n) is 2.75. The number of aryl methyl sites for hydroxylation is 2. The third-order valence-electron chi connectivity index (χ3n) is 4.43. The van der Waals surface area contributed by atoms with Crippen LogP contribution in [0.3, 0.4) is 0 Å². The van der Waals surface area contributed by atoms with Gasteiger partial charge in [-0.05, 0) is 49.1 Å². The van der Waals surface area contributed by atoms with Gasteiger partial charge in [0.15, 0.2) is 0 Å². The third kappa shape index (κ3) is 5.50. The number of rotatable bonds is 9. The zero-order chi connectivity index (χ0) is 19.8. The number of carbonyl (C=O) groups excluding carboxylic acids is 1. The van der Waals surface area contributed by atoms with Gasteiger partial charge in [-0.3, -0.25) is 9.78 Å². The van der Waals surface area contributed by atoms with Gasteiger partial charge in [0.2, 0.25) is 11.8 Å². The highest BCUT2D eigenvalue weighted by atomic mass is 16.5. The molecule has 146 valence electrons. The van der Waals surface area contributed by atoms with Crippen molar-refractivity contribution in [3.63, 3.8) is 0 Å². The number of hydrogen-bond acceptors (Lipinski definition) is 5. The smallest absolute Gasteiger partial charge is 0.246 e. The Morgan fingerprint density at radius 3 is 2.71 bits per heavy atom. The van der Waals surface area contributed by atoms with Crippen LogP contribution < -0.4 is 5.32 Å². The molecule has 1 aromatic carbocycles. The molecule has 0 atom stereocenters. The number of amides is 1. The summed E-state index contributed by atoms with van der Waals surface area (Å²) in [6, 6.07) is 12.0. The number of carbonyl (C=O) groups is 1. The topological polar surface area (TPSA) is 77.2 Å². The van der Waals surface area contributed by atoms with Gasteiger partial charge in [0.05, 0.1) is 6.61 Å². The maximum atomic E-state index is 11.9. The molecule has 0 aliphatic rings. The second-order valence-electron chi connectivity index (χ2n) is 6.53. The van der Waals surface area contributed by atoms with Gasteiger partial charge in [-0.1, -0.05) is 25.1 Å². The van der Waals surface area contributed by atoms with Crippen LogP contribution in [-0.2, 0) is 29.0 Å². The van der Waals surface area contributed by atoms with E-state index >= 15 is 0 Å². The van der Waals surface area contributed by atoms with Gasteiger partial charge in [-0.15, -0.1) is 0 Å². The Morgan fingerprint density at radius 1 is 1.18 bits per heavy atom. The highest BCUT2D eigenvalue weighted by Crippen LogP contribution is 2.22. The first-order chi connectivity index (χ1) is 13.7. The van der Waals surface area contributed by atoms with E-state index in [1.54, 1.807) is 12.4 Å². The zero-order valence-corrected chi connectivity index (χ0v) is 16.3. The molecule has 2 aromatic heterocycles. The molecule has 0 spiro atoms. The lowest BCUT2D eigenvalue weighted by molar-refractivity contribution is -0.126. The van der Waals surface area contributed by atoms with Crippen LogP contribution in [0.1, 0.15) is 29.5 Å². The largest absolute Gasteiger partial charge is 0.441 e. The molecule has 0 fully saturated rings. The predicted molar refractivity (Wildman–Crippen MR) is 107 cm³/mol. The number of aromatic nitrogens is 2. The van der Waals surface area contributed by atoms with E-state index in [9.17, 15) is 4.79 Å². The second kappa shape index (κ2) is 9.80. The van der Waals surface area contributed by atoms with Crippen LogP contribution in [0.2, 0.25) is 0 Å². The number of nitrogens with one attached hydrogen (secondary N) is 1. The fraction of sp³-hybridized carbons (Fsp3) is 0.318. The minimum atomic E-state index is -0.152. The van der Waals surface area contributed by atoms with Crippen LogP contribution in [0.15, 0.2) is 53.2 Å². The molecule has 0 aliphatic carbocycles. The summed E-state index contributed by atoms with van der Waals surface area (Å²) >= 11 is 0.